The van der Waals surface area contributed by atoms with Crippen LogP contribution >= 0.6 is 0 Å². The molecule has 1 aromatic rings. The van der Waals surface area contributed by atoms with Gasteiger partial charge in [0.05, 0.1) is 0 Å². The molecule has 17 heavy (non-hydrogen) atoms. The van der Waals surface area contributed by atoms with E-state index in [0.717, 1.165) is 19.5 Å². The van der Waals surface area contributed by atoms with Crippen LogP contribution in [0.2, 0.25) is 0 Å². The fraction of sp³-hybridized carbons (Fsp3) is 0.538. The first-order valence-electron chi connectivity index (χ1n) is 5.94. The third kappa shape index (κ3) is 2.33. The van der Waals surface area contributed by atoms with Crippen molar-refractivity contribution >= 4 is 0 Å². The van der Waals surface area contributed by atoms with Gasteiger partial charge in [-0.05, 0) is 45.6 Å². The Bertz CT molecular complexity index is 393. The van der Waals surface area contributed by atoms with Crippen LogP contribution in [0.1, 0.15) is 18.0 Å². The van der Waals surface area contributed by atoms with Gasteiger partial charge in [0, 0.05) is 11.6 Å². The molecule has 1 saturated heterocycles. The molecular weight excluding hydrogens is 222 g/mol. The van der Waals surface area contributed by atoms with Crippen LogP contribution in [0.15, 0.2) is 18.2 Å². The lowest BCUT2D eigenvalue weighted by Crippen LogP contribution is -2.27. The van der Waals surface area contributed by atoms with Crippen LogP contribution in [0, 0.1) is 17.6 Å². The molecule has 0 saturated carbocycles. The third-order valence-electron chi connectivity index (χ3n) is 3.54. The molecule has 1 heterocycles. The molecule has 1 aliphatic heterocycles. The molecule has 4 heteroatoms. The number of nitrogens with one attached hydrogen (secondary N) is 1. The summed E-state index contributed by atoms with van der Waals surface area (Å²) in [5, 5.41) is 3.12. The lowest BCUT2D eigenvalue weighted by molar-refractivity contribution is 0.265. The molecule has 2 unspecified atom stereocenters. The highest BCUT2D eigenvalue weighted by Crippen LogP contribution is 2.37. The first-order chi connectivity index (χ1) is 8.15. The molecule has 94 valence electrons. The summed E-state index contributed by atoms with van der Waals surface area (Å²) in [7, 11) is 3.85. The fourth-order valence-corrected chi connectivity index (χ4v) is 2.74. The summed E-state index contributed by atoms with van der Waals surface area (Å²) in [6.45, 7) is 1.75. The number of hydrogen-bond donors (Lipinski definition) is 1. The van der Waals surface area contributed by atoms with E-state index >= 15 is 0 Å². The molecule has 1 fully saturated rings. The van der Waals surface area contributed by atoms with Crippen LogP contribution < -0.4 is 5.32 Å². The molecule has 0 amide bonds. The lowest BCUT2D eigenvalue weighted by atomic mass is 9.93. The topological polar surface area (TPSA) is 15.3 Å². The van der Waals surface area contributed by atoms with Crippen molar-refractivity contribution in [2.24, 2.45) is 5.92 Å². The molecule has 2 rings (SSSR count). The molecule has 0 aliphatic carbocycles. The van der Waals surface area contributed by atoms with Crippen LogP contribution in [0.5, 0.6) is 0 Å². The van der Waals surface area contributed by atoms with Gasteiger partial charge in [-0.3, -0.25) is 4.90 Å². The van der Waals surface area contributed by atoms with Gasteiger partial charge in [-0.2, -0.15) is 0 Å². The maximum atomic E-state index is 13.8. The Kier molecular flexibility index (Phi) is 3.74. The Morgan fingerprint density at radius 3 is 2.88 bits per heavy atom. The zero-order valence-corrected chi connectivity index (χ0v) is 10.2. The summed E-state index contributed by atoms with van der Waals surface area (Å²) in [6, 6.07) is 4.41. The number of nitrogens with zero attached hydrogens (tertiary/aromatic N) is 1. The predicted molar refractivity (Wildman–Crippen MR) is 63.8 cm³/mol. The first-order valence-corrected chi connectivity index (χ1v) is 5.94. The van der Waals surface area contributed by atoms with E-state index in [1.54, 1.807) is 12.1 Å². The zero-order valence-electron chi connectivity index (χ0n) is 10.2. The molecule has 0 aromatic heterocycles. The smallest absolute Gasteiger partial charge is 0.163 e. The Morgan fingerprint density at radius 2 is 2.18 bits per heavy atom. The van der Waals surface area contributed by atoms with Crippen molar-refractivity contribution in [1.29, 1.82) is 0 Å². The second-order valence-electron chi connectivity index (χ2n) is 4.67. The van der Waals surface area contributed by atoms with Crippen LogP contribution in [0.25, 0.3) is 0 Å². The molecule has 2 nitrogen and oxygen atoms in total. The number of rotatable bonds is 3. The minimum Gasteiger partial charge on any atom is -0.319 e. The predicted octanol–water partition coefficient (Wildman–Crippen LogP) is 2.18. The van der Waals surface area contributed by atoms with E-state index in [1.165, 1.54) is 6.07 Å². The second-order valence-corrected chi connectivity index (χ2v) is 4.67. The van der Waals surface area contributed by atoms with Gasteiger partial charge in [-0.1, -0.05) is 12.1 Å². The van der Waals surface area contributed by atoms with Crippen LogP contribution in [-0.4, -0.2) is 32.1 Å². The second kappa shape index (κ2) is 5.10. The van der Waals surface area contributed by atoms with Gasteiger partial charge < -0.3 is 5.32 Å². The number of likely N-dealkylation sites (tertiary alicyclic amines) is 1. The molecule has 0 spiro atoms. The monoisotopic (exact) mass is 240 g/mol. The SMILES string of the molecule is CNCC1CCN(C)C1c1cccc(F)c1F. The van der Waals surface area contributed by atoms with Gasteiger partial charge in [0.25, 0.3) is 0 Å². The van der Waals surface area contributed by atoms with Crippen LogP contribution in [0.4, 0.5) is 8.78 Å². The van der Waals surface area contributed by atoms with Gasteiger partial charge in [0.2, 0.25) is 0 Å². The molecule has 1 aliphatic rings. The molecule has 0 bridgehead atoms. The largest absolute Gasteiger partial charge is 0.319 e. The van der Waals surface area contributed by atoms with Crippen LogP contribution in [0.3, 0.4) is 0 Å². The summed E-state index contributed by atoms with van der Waals surface area (Å²) in [6.07, 6.45) is 1.01. The van der Waals surface area contributed by atoms with E-state index in [2.05, 4.69) is 10.2 Å². The summed E-state index contributed by atoms with van der Waals surface area (Å²) in [5.74, 6) is -1.13. The van der Waals surface area contributed by atoms with Crippen molar-refractivity contribution in [2.75, 3.05) is 27.2 Å². The molecule has 0 radical (unpaired) electrons. The minimum absolute atomic E-state index is 0.0295. The average molecular weight is 240 g/mol. The highest BCUT2D eigenvalue weighted by atomic mass is 19.2. The highest BCUT2D eigenvalue weighted by molar-refractivity contribution is 5.24. The number of halogens is 2. The average Bonchev–Trinajstić information content (AvgIpc) is 2.65. The standard InChI is InChI=1S/C13H18F2N2/c1-16-8-9-6-7-17(2)13(9)10-4-3-5-11(14)12(10)15/h3-5,9,13,16H,6-8H2,1-2H3. The number of hydrogen-bond acceptors (Lipinski definition) is 2. The molecule has 1 N–H and O–H groups in total. The van der Waals surface area contributed by atoms with Gasteiger partial charge in [-0.25, -0.2) is 8.78 Å². The van der Waals surface area contributed by atoms with Crippen molar-refractivity contribution in [3.05, 3.63) is 35.4 Å². The summed E-state index contributed by atoms with van der Waals surface area (Å²) in [5.41, 5.74) is 0.477. The Balaban J connectivity index is 2.33. The summed E-state index contributed by atoms with van der Waals surface area (Å²) in [4.78, 5) is 2.10. The molecular formula is C13H18F2N2. The van der Waals surface area contributed by atoms with E-state index < -0.39 is 11.6 Å². The van der Waals surface area contributed by atoms with Crippen molar-refractivity contribution < 1.29 is 8.78 Å². The van der Waals surface area contributed by atoms with Gasteiger partial charge in [-0.15, -0.1) is 0 Å². The van der Waals surface area contributed by atoms with Gasteiger partial charge in [0.15, 0.2) is 11.6 Å². The normalized spacial score (nSPS) is 25.4. The quantitative estimate of drug-likeness (QED) is 0.871. The molecule has 1 aromatic carbocycles. The Labute approximate surface area is 101 Å². The van der Waals surface area contributed by atoms with Crippen LogP contribution in [-0.2, 0) is 0 Å². The van der Waals surface area contributed by atoms with E-state index in [1.807, 2.05) is 14.1 Å². The zero-order chi connectivity index (χ0) is 12.4. The third-order valence-corrected chi connectivity index (χ3v) is 3.54. The lowest BCUT2D eigenvalue weighted by Gasteiger charge is -2.25. The summed E-state index contributed by atoms with van der Waals surface area (Å²) < 4.78 is 27.1. The van der Waals surface area contributed by atoms with Crippen molar-refractivity contribution in [1.82, 2.24) is 10.2 Å². The van der Waals surface area contributed by atoms with Crippen molar-refractivity contribution in [2.45, 2.75) is 12.5 Å². The minimum atomic E-state index is -0.758. The Hall–Kier alpha value is -1.00. The van der Waals surface area contributed by atoms with Crippen molar-refractivity contribution in [3.63, 3.8) is 0 Å². The van der Waals surface area contributed by atoms with E-state index in [4.69, 9.17) is 0 Å². The summed E-state index contributed by atoms with van der Waals surface area (Å²) >= 11 is 0. The highest BCUT2D eigenvalue weighted by Gasteiger charge is 2.34. The van der Waals surface area contributed by atoms with E-state index in [-0.39, 0.29) is 6.04 Å². The maximum absolute atomic E-state index is 13.8. The van der Waals surface area contributed by atoms with Gasteiger partial charge >= 0.3 is 0 Å². The van der Waals surface area contributed by atoms with E-state index in [9.17, 15) is 8.78 Å². The fourth-order valence-electron chi connectivity index (χ4n) is 2.74. The number of benzene rings is 1. The van der Waals surface area contributed by atoms with Gasteiger partial charge in [0.1, 0.15) is 0 Å². The Morgan fingerprint density at radius 1 is 1.41 bits per heavy atom. The van der Waals surface area contributed by atoms with Crippen molar-refractivity contribution in [3.8, 4) is 0 Å². The first kappa shape index (κ1) is 12.5. The molecule has 2 atom stereocenters. The maximum Gasteiger partial charge on any atom is 0.163 e. The van der Waals surface area contributed by atoms with E-state index in [0.29, 0.717) is 11.5 Å².